The predicted octanol–water partition coefficient (Wildman–Crippen LogP) is 1.56. The van der Waals surface area contributed by atoms with Crippen molar-refractivity contribution in [3.05, 3.63) is 47.7 Å². The highest BCUT2D eigenvalue weighted by molar-refractivity contribution is 5.35. The molecular formula is C16H22N4O. The van der Waals surface area contributed by atoms with Gasteiger partial charge >= 0.3 is 0 Å². The third kappa shape index (κ3) is 3.43. The maximum atomic E-state index is 10.2. The molecule has 2 aromatic rings. The van der Waals surface area contributed by atoms with Crippen LogP contribution in [0.5, 0.6) is 0 Å². The van der Waals surface area contributed by atoms with Crippen LogP contribution >= 0.6 is 0 Å². The third-order valence-electron chi connectivity index (χ3n) is 3.95. The van der Waals surface area contributed by atoms with Crippen LogP contribution in [0.1, 0.15) is 17.2 Å². The molecule has 3 N–H and O–H groups in total. The number of fused-ring (bicyclic) bond motifs is 1. The van der Waals surface area contributed by atoms with Crippen molar-refractivity contribution < 1.29 is 5.11 Å². The Morgan fingerprint density at radius 3 is 3.00 bits per heavy atom. The smallest absolute Gasteiger partial charge is 0.124 e. The molecule has 1 aromatic carbocycles. The van der Waals surface area contributed by atoms with E-state index in [2.05, 4.69) is 15.7 Å². The molecule has 0 bridgehead atoms. The van der Waals surface area contributed by atoms with Crippen LogP contribution in [0.15, 0.2) is 36.5 Å². The van der Waals surface area contributed by atoms with Crippen LogP contribution in [0.25, 0.3) is 0 Å². The van der Waals surface area contributed by atoms with Crippen LogP contribution in [0, 0.1) is 12.8 Å². The Kier molecular flexibility index (Phi) is 4.22. The van der Waals surface area contributed by atoms with Gasteiger partial charge in [-0.25, -0.2) is 4.68 Å². The first-order valence-electron chi connectivity index (χ1n) is 7.43. The molecule has 5 nitrogen and oxygen atoms in total. The summed E-state index contributed by atoms with van der Waals surface area (Å²) in [5.41, 5.74) is 2.17. The zero-order valence-corrected chi connectivity index (χ0v) is 12.3. The summed E-state index contributed by atoms with van der Waals surface area (Å²) in [5, 5.41) is 21.2. The van der Waals surface area contributed by atoms with Crippen LogP contribution < -0.4 is 10.6 Å². The lowest BCUT2D eigenvalue weighted by molar-refractivity contribution is 0.172. The quantitative estimate of drug-likeness (QED) is 0.780. The molecule has 3 rings (SSSR count). The zero-order valence-electron chi connectivity index (χ0n) is 12.3. The number of hydrogen-bond acceptors (Lipinski definition) is 4. The van der Waals surface area contributed by atoms with E-state index < -0.39 is 6.10 Å². The van der Waals surface area contributed by atoms with E-state index in [0.717, 1.165) is 31.0 Å². The predicted molar refractivity (Wildman–Crippen MR) is 83.2 cm³/mol. The largest absolute Gasteiger partial charge is 0.387 e. The molecule has 0 spiro atoms. The van der Waals surface area contributed by atoms with Crippen LogP contribution in [0.4, 0.5) is 5.82 Å². The van der Waals surface area contributed by atoms with E-state index in [-0.39, 0.29) is 0 Å². The molecule has 1 aromatic heterocycles. The average molecular weight is 286 g/mol. The zero-order chi connectivity index (χ0) is 14.7. The molecule has 0 fully saturated rings. The number of nitrogens with one attached hydrogen (secondary N) is 2. The lowest BCUT2D eigenvalue weighted by Crippen LogP contribution is -2.36. The lowest BCUT2D eigenvalue weighted by atomic mass is 10.1. The van der Waals surface area contributed by atoms with Gasteiger partial charge in [0.15, 0.2) is 0 Å². The minimum atomic E-state index is -0.456. The monoisotopic (exact) mass is 286 g/mol. The van der Waals surface area contributed by atoms with E-state index >= 15 is 0 Å². The Labute approximate surface area is 125 Å². The van der Waals surface area contributed by atoms with Crippen LogP contribution in [0.2, 0.25) is 0 Å². The molecule has 0 aliphatic carbocycles. The van der Waals surface area contributed by atoms with Crippen molar-refractivity contribution in [1.29, 1.82) is 0 Å². The van der Waals surface area contributed by atoms with E-state index in [1.165, 1.54) is 5.56 Å². The Hall–Kier alpha value is -1.85. The van der Waals surface area contributed by atoms with E-state index in [1.54, 1.807) is 0 Å². The minimum Gasteiger partial charge on any atom is -0.387 e. The Morgan fingerprint density at radius 1 is 1.38 bits per heavy atom. The topological polar surface area (TPSA) is 62.1 Å². The summed E-state index contributed by atoms with van der Waals surface area (Å²) in [6.45, 7) is 5.36. The van der Waals surface area contributed by atoms with Gasteiger partial charge in [-0.15, -0.1) is 0 Å². The summed E-state index contributed by atoms with van der Waals surface area (Å²) in [7, 11) is 0. The lowest BCUT2D eigenvalue weighted by Gasteiger charge is -2.25. The van der Waals surface area contributed by atoms with Crippen molar-refractivity contribution in [2.75, 3.05) is 25.0 Å². The highest BCUT2D eigenvalue weighted by Crippen LogP contribution is 2.16. The molecule has 0 saturated carbocycles. The number of aliphatic hydroxyl groups is 1. The molecule has 0 radical (unpaired) electrons. The number of nitrogens with zero attached hydrogens (tertiary/aromatic N) is 2. The minimum absolute atomic E-state index is 0.456. The molecular weight excluding hydrogens is 264 g/mol. The first-order chi connectivity index (χ1) is 10.2. The second-order valence-corrected chi connectivity index (χ2v) is 5.73. The standard InChI is InChI=1S/C16H22N4O/c1-12-2-4-14(5-3-12)15(21)10-17-8-13-9-18-16-6-7-19-20(16)11-13/h2-7,13,15,17-18,21H,8-11H2,1H3/t13-,15+/m1/s1. The maximum absolute atomic E-state index is 10.2. The van der Waals surface area contributed by atoms with E-state index in [0.29, 0.717) is 12.5 Å². The number of aryl methyl sites for hydroxylation is 1. The molecule has 21 heavy (non-hydrogen) atoms. The van der Waals surface area contributed by atoms with Crippen molar-refractivity contribution in [3.63, 3.8) is 0 Å². The number of hydrogen-bond donors (Lipinski definition) is 3. The molecule has 5 heteroatoms. The van der Waals surface area contributed by atoms with Crippen molar-refractivity contribution in [2.45, 2.75) is 19.6 Å². The average Bonchev–Trinajstić information content (AvgIpc) is 2.95. The fourth-order valence-corrected chi connectivity index (χ4v) is 2.65. The molecule has 0 saturated heterocycles. The number of aromatic nitrogens is 2. The van der Waals surface area contributed by atoms with Crippen molar-refractivity contribution in [3.8, 4) is 0 Å². The first-order valence-corrected chi connectivity index (χ1v) is 7.43. The van der Waals surface area contributed by atoms with Gasteiger partial charge in [-0.3, -0.25) is 0 Å². The summed E-state index contributed by atoms with van der Waals surface area (Å²) in [5.74, 6) is 1.58. The van der Waals surface area contributed by atoms with Gasteiger partial charge in [0.1, 0.15) is 5.82 Å². The van der Waals surface area contributed by atoms with E-state index in [4.69, 9.17) is 0 Å². The van der Waals surface area contributed by atoms with Crippen molar-refractivity contribution in [1.82, 2.24) is 15.1 Å². The van der Waals surface area contributed by atoms with Crippen LogP contribution in [0.3, 0.4) is 0 Å². The molecule has 1 aliphatic heterocycles. The normalized spacial score (nSPS) is 18.9. The van der Waals surface area contributed by atoms with Gasteiger partial charge in [-0.2, -0.15) is 5.10 Å². The van der Waals surface area contributed by atoms with Gasteiger partial charge < -0.3 is 15.7 Å². The molecule has 0 amide bonds. The Bertz CT molecular complexity index is 578. The summed E-state index contributed by atoms with van der Waals surface area (Å²) in [6, 6.07) is 10.0. The highest BCUT2D eigenvalue weighted by Gasteiger charge is 2.18. The molecule has 2 atom stereocenters. The van der Waals surface area contributed by atoms with Crippen molar-refractivity contribution >= 4 is 5.82 Å². The molecule has 1 aliphatic rings. The van der Waals surface area contributed by atoms with Crippen LogP contribution in [-0.4, -0.2) is 34.5 Å². The number of anilines is 1. The second kappa shape index (κ2) is 6.28. The summed E-state index contributed by atoms with van der Waals surface area (Å²) in [6.07, 6.45) is 1.36. The highest BCUT2D eigenvalue weighted by atomic mass is 16.3. The molecule has 2 heterocycles. The Morgan fingerprint density at radius 2 is 2.19 bits per heavy atom. The SMILES string of the molecule is Cc1ccc([C@@H](O)CNC[C@@H]2CNc3ccnn3C2)cc1. The molecule has 112 valence electrons. The van der Waals surface area contributed by atoms with Gasteiger partial charge in [0.05, 0.1) is 12.3 Å². The van der Waals surface area contributed by atoms with Gasteiger partial charge in [-0.05, 0) is 12.5 Å². The van der Waals surface area contributed by atoms with Gasteiger partial charge in [0.2, 0.25) is 0 Å². The van der Waals surface area contributed by atoms with E-state index in [1.807, 2.05) is 48.1 Å². The summed E-state index contributed by atoms with van der Waals surface area (Å²) >= 11 is 0. The van der Waals surface area contributed by atoms with Gasteiger partial charge in [0.25, 0.3) is 0 Å². The first kappa shape index (κ1) is 14.1. The van der Waals surface area contributed by atoms with Gasteiger partial charge in [0, 0.05) is 38.2 Å². The Balaban J connectivity index is 1.45. The van der Waals surface area contributed by atoms with Crippen molar-refractivity contribution in [2.24, 2.45) is 5.92 Å². The van der Waals surface area contributed by atoms with Gasteiger partial charge in [-0.1, -0.05) is 29.8 Å². The third-order valence-corrected chi connectivity index (χ3v) is 3.95. The van der Waals surface area contributed by atoms with E-state index in [9.17, 15) is 5.11 Å². The maximum Gasteiger partial charge on any atom is 0.124 e. The number of benzene rings is 1. The molecule has 0 unspecified atom stereocenters. The number of rotatable bonds is 5. The second-order valence-electron chi connectivity index (χ2n) is 5.73. The summed E-state index contributed by atoms with van der Waals surface area (Å²) in [4.78, 5) is 0. The van der Waals surface area contributed by atoms with Crippen LogP contribution in [-0.2, 0) is 6.54 Å². The fourth-order valence-electron chi connectivity index (χ4n) is 2.65. The fraction of sp³-hybridized carbons (Fsp3) is 0.438. The summed E-state index contributed by atoms with van der Waals surface area (Å²) < 4.78 is 1.99. The number of aliphatic hydroxyl groups excluding tert-OH is 1.